The van der Waals surface area contributed by atoms with Crippen LogP contribution in [-0.4, -0.2) is 7.85 Å². The Balaban J connectivity index is 3.12. The first-order valence-electron chi connectivity index (χ1n) is 2.31. The van der Waals surface area contributed by atoms with Crippen LogP contribution in [0.3, 0.4) is 0 Å². The van der Waals surface area contributed by atoms with Gasteiger partial charge in [0, 0.05) is 0 Å². The Kier molecular flexibility index (Phi) is 0.932. The van der Waals surface area contributed by atoms with Gasteiger partial charge in [-0.05, 0) is 18.5 Å². The maximum atomic E-state index is 4.96. The second-order valence-corrected chi connectivity index (χ2v) is 1.66. The lowest BCUT2D eigenvalue weighted by molar-refractivity contribution is 0.536. The molecule has 1 nitrogen and oxygen atoms in total. The van der Waals surface area contributed by atoms with Crippen LogP contribution in [0.1, 0.15) is 5.76 Å². The van der Waals surface area contributed by atoms with Crippen LogP contribution >= 0.6 is 0 Å². The molecule has 0 radical (unpaired) electrons. The fraction of sp³-hybridized carbons (Fsp3) is 0.200. The van der Waals surface area contributed by atoms with Crippen molar-refractivity contribution < 1.29 is 4.42 Å². The van der Waals surface area contributed by atoms with Gasteiger partial charge in [0.1, 0.15) is 7.85 Å². The molecule has 0 aliphatic heterocycles. The lowest BCUT2D eigenvalue weighted by Crippen LogP contribution is -1.99. The van der Waals surface area contributed by atoms with E-state index in [0.717, 1.165) is 5.76 Å². The summed E-state index contributed by atoms with van der Waals surface area (Å²) in [6, 6.07) is 1.95. The minimum Gasteiger partial charge on any atom is -0.470 e. The van der Waals surface area contributed by atoms with Crippen molar-refractivity contribution in [2.75, 3.05) is 0 Å². The van der Waals surface area contributed by atoms with Gasteiger partial charge < -0.3 is 4.42 Å². The van der Waals surface area contributed by atoms with Crippen LogP contribution in [0.4, 0.5) is 0 Å². The summed E-state index contributed by atoms with van der Waals surface area (Å²) in [6.07, 6.45) is 1.70. The molecule has 0 N–H and O–H groups in total. The first-order chi connectivity index (χ1) is 3.30. The molecular weight excluding hydrogens is 86.9 g/mol. The summed E-state index contributed by atoms with van der Waals surface area (Å²) in [5.41, 5.74) is 1.22. The van der Waals surface area contributed by atoms with Gasteiger partial charge in [-0.3, -0.25) is 0 Å². The lowest BCUT2D eigenvalue weighted by Gasteiger charge is -1.79. The summed E-state index contributed by atoms with van der Waals surface area (Å²) in [7, 11) is 2.03. The highest BCUT2D eigenvalue weighted by Gasteiger charge is 1.88. The van der Waals surface area contributed by atoms with Gasteiger partial charge in [-0.1, -0.05) is 0 Å². The van der Waals surface area contributed by atoms with E-state index in [2.05, 4.69) is 0 Å². The molecule has 1 rings (SSSR count). The van der Waals surface area contributed by atoms with Gasteiger partial charge in [0.2, 0.25) is 0 Å². The molecule has 0 aliphatic rings. The van der Waals surface area contributed by atoms with Crippen molar-refractivity contribution in [2.45, 2.75) is 6.92 Å². The van der Waals surface area contributed by atoms with Gasteiger partial charge in [0.15, 0.2) is 0 Å². The molecule has 1 aromatic heterocycles. The number of hydrogen-bond donors (Lipinski definition) is 0. The van der Waals surface area contributed by atoms with Gasteiger partial charge in [-0.25, -0.2) is 0 Å². The largest absolute Gasteiger partial charge is 0.470 e. The smallest absolute Gasteiger partial charge is 0.143 e. The lowest BCUT2D eigenvalue weighted by atomic mass is 9.98. The molecular formula is C5H7BO. The normalized spacial score (nSPS) is 9.29. The van der Waals surface area contributed by atoms with Crippen molar-refractivity contribution in [2.24, 2.45) is 0 Å². The Morgan fingerprint density at radius 2 is 2.43 bits per heavy atom. The Hall–Kier alpha value is -0.655. The van der Waals surface area contributed by atoms with Gasteiger partial charge in [-0.2, -0.15) is 0 Å². The van der Waals surface area contributed by atoms with Crippen molar-refractivity contribution in [3.05, 3.63) is 18.1 Å². The average Bonchev–Trinajstić information content (AvgIpc) is 1.91. The summed E-state index contributed by atoms with van der Waals surface area (Å²) < 4.78 is 4.96. The molecule has 0 bridgehead atoms. The fourth-order valence-corrected chi connectivity index (χ4v) is 0.448. The molecule has 0 saturated heterocycles. The van der Waals surface area contributed by atoms with Crippen molar-refractivity contribution in [1.29, 1.82) is 0 Å². The molecule has 0 amide bonds. The van der Waals surface area contributed by atoms with Gasteiger partial charge in [0.25, 0.3) is 0 Å². The molecule has 2 heteroatoms. The molecule has 0 atom stereocenters. The van der Waals surface area contributed by atoms with E-state index in [1.807, 2.05) is 20.8 Å². The van der Waals surface area contributed by atoms with Gasteiger partial charge >= 0.3 is 0 Å². The van der Waals surface area contributed by atoms with Crippen LogP contribution in [0.5, 0.6) is 0 Å². The van der Waals surface area contributed by atoms with Crippen LogP contribution < -0.4 is 5.46 Å². The topological polar surface area (TPSA) is 13.1 Å². The van der Waals surface area contributed by atoms with Crippen LogP contribution in [0.25, 0.3) is 0 Å². The molecule has 1 aromatic rings. The fourth-order valence-electron chi connectivity index (χ4n) is 0.448. The monoisotopic (exact) mass is 94.1 g/mol. The third kappa shape index (κ3) is 0.685. The minimum atomic E-state index is 1.01. The van der Waals surface area contributed by atoms with Crippen molar-refractivity contribution in [3.8, 4) is 0 Å². The Morgan fingerprint density at radius 3 is 2.57 bits per heavy atom. The van der Waals surface area contributed by atoms with E-state index >= 15 is 0 Å². The number of aryl methyl sites for hydroxylation is 1. The van der Waals surface area contributed by atoms with Crippen molar-refractivity contribution >= 4 is 13.3 Å². The molecule has 0 spiro atoms. The molecule has 0 aromatic carbocycles. The summed E-state index contributed by atoms with van der Waals surface area (Å²) in [4.78, 5) is 0. The van der Waals surface area contributed by atoms with Crippen LogP contribution in [0.2, 0.25) is 0 Å². The van der Waals surface area contributed by atoms with E-state index in [0.29, 0.717) is 0 Å². The zero-order valence-corrected chi connectivity index (χ0v) is 4.56. The van der Waals surface area contributed by atoms with Crippen LogP contribution in [0.15, 0.2) is 16.7 Å². The highest BCUT2D eigenvalue weighted by atomic mass is 16.3. The summed E-state index contributed by atoms with van der Waals surface area (Å²) in [6.45, 7) is 1.95. The van der Waals surface area contributed by atoms with Crippen molar-refractivity contribution in [3.63, 3.8) is 0 Å². The highest BCUT2D eigenvalue weighted by molar-refractivity contribution is 6.32. The van der Waals surface area contributed by atoms with E-state index in [9.17, 15) is 0 Å². The number of rotatable bonds is 0. The summed E-state index contributed by atoms with van der Waals surface area (Å²) >= 11 is 0. The summed E-state index contributed by atoms with van der Waals surface area (Å²) in [5, 5.41) is 0. The summed E-state index contributed by atoms with van der Waals surface area (Å²) in [5.74, 6) is 1.01. The van der Waals surface area contributed by atoms with Crippen molar-refractivity contribution in [1.82, 2.24) is 0 Å². The predicted molar refractivity (Wildman–Crippen MR) is 31.6 cm³/mol. The minimum absolute atomic E-state index is 1.01. The van der Waals surface area contributed by atoms with E-state index in [4.69, 9.17) is 4.42 Å². The van der Waals surface area contributed by atoms with E-state index in [-0.39, 0.29) is 0 Å². The molecule has 1 heterocycles. The predicted octanol–water partition coefficient (Wildman–Crippen LogP) is -0.154. The first kappa shape index (κ1) is 4.50. The highest BCUT2D eigenvalue weighted by Crippen LogP contribution is 1.89. The average molecular weight is 93.9 g/mol. The SMILES string of the molecule is Bc1ccoc1C. The molecule has 0 aliphatic carbocycles. The zero-order chi connectivity index (χ0) is 5.28. The quantitative estimate of drug-likeness (QED) is 0.407. The van der Waals surface area contributed by atoms with Gasteiger partial charge in [0.05, 0.1) is 12.0 Å². The third-order valence-corrected chi connectivity index (χ3v) is 1.12. The molecule has 0 fully saturated rings. The molecule has 36 valence electrons. The van der Waals surface area contributed by atoms with Crippen LogP contribution in [-0.2, 0) is 0 Å². The first-order valence-corrected chi connectivity index (χ1v) is 2.31. The number of hydrogen-bond acceptors (Lipinski definition) is 1. The molecule has 0 unspecified atom stereocenters. The Bertz CT molecular complexity index is 140. The number of furan rings is 1. The second-order valence-electron chi connectivity index (χ2n) is 1.66. The zero-order valence-electron chi connectivity index (χ0n) is 4.56. The van der Waals surface area contributed by atoms with E-state index in [1.165, 1.54) is 5.46 Å². The molecule has 7 heavy (non-hydrogen) atoms. The Labute approximate surface area is 43.7 Å². The third-order valence-electron chi connectivity index (χ3n) is 1.12. The second kappa shape index (κ2) is 1.45. The maximum Gasteiger partial charge on any atom is 0.143 e. The van der Waals surface area contributed by atoms with Gasteiger partial charge in [-0.15, -0.1) is 0 Å². The van der Waals surface area contributed by atoms with Crippen LogP contribution in [0, 0.1) is 6.92 Å². The molecule has 0 saturated carbocycles. The standard InChI is InChI=1S/C5H7BO/c1-4-5(6)2-3-7-4/h2-3H,6H2,1H3. The Morgan fingerprint density at radius 1 is 1.71 bits per heavy atom. The maximum absolute atomic E-state index is 4.96. The van der Waals surface area contributed by atoms with E-state index < -0.39 is 0 Å². The van der Waals surface area contributed by atoms with E-state index in [1.54, 1.807) is 6.26 Å².